The van der Waals surface area contributed by atoms with Crippen molar-refractivity contribution >= 4 is 13.9 Å². The Kier molecular flexibility index (Phi) is 2.04. The summed E-state index contributed by atoms with van der Waals surface area (Å²) in [5.41, 5.74) is 1.78. The number of hydrogen-bond donors (Lipinski definition) is 0. The SMILES string of the molecule is C/C=C1\Pc2ccccc2C1(C)C. The van der Waals surface area contributed by atoms with Gasteiger partial charge in [-0.15, -0.1) is 0 Å². The van der Waals surface area contributed by atoms with Gasteiger partial charge in [-0.25, -0.2) is 0 Å². The fraction of sp³-hybridized carbons (Fsp3) is 0.333. The maximum Gasteiger partial charge on any atom is 0.0154 e. The minimum atomic E-state index is 0.268. The van der Waals surface area contributed by atoms with Crippen LogP contribution in [0.3, 0.4) is 0 Å². The molecule has 1 heterocycles. The van der Waals surface area contributed by atoms with Crippen LogP contribution in [0.5, 0.6) is 0 Å². The number of rotatable bonds is 0. The molecular weight excluding hydrogens is 175 g/mol. The van der Waals surface area contributed by atoms with Gasteiger partial charge in [0.25, 0.3) is 0 Å². The maximum absolute atomic E-state index is 2.32. The molecule has 13 heavy (non-hydrogen) atoms. The van der Waals surface area contributed by atoms with E-state index >= 15 is 0 Å². The second kappa shape index (κ2) is 2.96. The molecule has 1 atom stereocenters. The lowest BCUT2D eigenvalue weighted by Crippen LogP contribution is -2.16. The van der Waals surface area contributed by atoms with Crippen molar-refractivity contribution < 1.29 is 0 Å². The first kappa shape index (κ1) is 8.97. The van der Waals surface area contributed by atoms with Crippen LogP contribution < -0.4 is 5.30 Å². The Bertz CT molecular complexity index is 361. The van der Waals surface area contributed by atoms with Gasteiger partial charge in [-0.2, -0.15) is 0 Å². The minimum Gasteiger partial charge on any atom is -0.0830 e. The molecule has 0 radical (unpaired) electrons. The Morgan fingerprint density at radius 1 is 1.23 bits per heavy atom. The lowest BCUT2D eigenvalue weighted by atomic mass is 9.84. The van der Waals surface area contributed by atoms with Crippen molar-refractivity contribution in [2.45, 2.75) is 26.2 Å². The van der Waals surface area contributed by atoms with Gasteiger partial charge in [0.15, 0.2) is 0 Å². The second-order valence-electron chi connectivity index (χ2n) is 4.00. The lowest BCUT2D eigenvalue weighted by molar-refractivity contribution is 0.668. The van der Waals surface area contributed by atoms with Crippen LogP contribution in [-0.4, -0.2) is 0 Å². The Labute approximate surface area is 81.8 Å². The van der Waals surface area contributed by atoms with E-state index in [1.54, 1.807) is 5.31 Å². The standard InChI is InChI=1S/C12H15P/c1-4-11-12(2,3)9-7-5-6-8-10(9)13-11/h4-8,13H,1-3H3/b11-4-. The Morgan fingerprint density at radius 3 is 2.54 bits per heavy atom. The highest BCUT2D eigenvalue weighted by Crippen LogP contribution is 2.48. The van der Waals surface area contributed by atoms with E-state index in [-0.39, 0.29) is 5.41 Å². The van der Waals surface area contributed by atoms with Crippen LogP contribution in [-0.2, 0) is 5.41 Å². The molecule has 1 unspecified atom stereocenters. The third-order valence-corrected chi connectivity index (χ3v) is 4.72. The summed E-state index contributed by atoms with van der Waals surface area (Å²) in [5.74, 6) is 0. The van der Waals surface area contributed by atoms with Gasteiger partial charge in [-0.3, -0.25) is 0 Å². The molecule has 0 fully saturated rings. The molecule has 0 nitrogen and oxygen atoms in total. The van der Waals surface area contributed by atoms with E-state index in [0.29, 0.717) is 0 Å². The van der Waals surface area contributed by atoms with E-state index in [9.17, 15) is 0 Å². The summed E-state index contributed by atoms with van der Waals surface area (Å²) >= 11 is 0. The fourth-order valence-electron chi connectivity index (χ4n) is 2.02. The minimum absolute atomic E-state index is 0.268. The Balaban J connectivity index is 2.60. The predicted octanol–water partition coefficient (Wildman–Crippen LogP) is 3.19. The molecule has 0 spiro atoms. The van der Waals surface area contributed by atoms with Crippen molar-refractivity contribution in [3.63, 3.8) is 0 Å². The van der Waals surface area contributed by atoms with Crippen LogP contribution in [0.2, 0.25) is 0 Å². The average Bonchev–Trinajstić information content (AvgIpc) is 2.39. The van der Waals surface area contributed by atoms with Gasteiger partial charge in [-0.05, 0) is 23.1 Å². The van der Waals surface area contributed by atoms with E-state index in [1.165, 1.54) is 10.9 Å². The summed E-state index contributed by atoms with van der Waals surface area (Å²) in [6.07, 6.45) is 2.28. The van der Waals surface area contributed by atoms with Crippen molar-refractivity contribution in [3.05, 3.63) is 41.2 Å². The molecule has 0 saturated heterocycles. The number of benzene rings is 1. The maximum atomic E-state index is 2.32. The molecule has 0 aromatic heterocycles. The molecule has 1 aromatic carbocycles. The summed E-state index contributed by atoms with van der Waals surface area (Å²) in [6, 6.07) is 8.80. The summed E-state index contributed by atoms with van der Waals surface area (Å²) in [5, 5.41) is 3.11. The lowest BCUT2D eigenvalue weighted by Gasteiger charge is -2.20. The Hall–Kier alpha value is -0.610. The largest absolute Gasteiger partial charge is 0.0830 e. The molecular formula is C12H15P. The van der Waals surface area contributed by atoms with E-state index in [2.05, 4.69) is 51.1 Å². The fourth-order valence-corrected chi connectivity index (χ4v) is 3.61. The van der Waals surface area contributed by atoms with Gasteiger partial charge >= 0.3 is 0 Å². The third kappa shape index (κ3) is 1.25. The van der Waals surface area contributed by atoms with Crippen LogP contribution in [0.1, 0.15) is 26.3 Å². The predicted molar refractivity (Wildman–Crippen MR) is 61.2 cm³/mol. The smallest absolute Gasteiger partial charge is 0.0154 e. The van der Waals surface area contributed by atoms with Crippen molar-refractivity contribution in [1.82, 2.24) is 0 Å². The van der Waals surface area contributed by atoms with Crippen molar-refractivity contribution in [1.29, 1.82) is 0 Å². The first-order chi connectivity index (χ1) is 6.16. The van der Waals surface area contributed by atoms with Crippen molar-refractivity contribution in [2.24, 2.45) is 0 Å². The van der Waals surface area contributed by atoms with Crippen LogP contribution in [0, 0.1) is 0 Å². The quantitative estimate of drug-likeness (QED) is 0.551. The van der Waals surface area contributed by atoms with E-state index in [0.717, 1.165) is 8.58 Å². The molecule has 0 N–H and O–H groups in total. The number of allylic oxidation sites excluding steroid dienone is 2. The van der Waals surface area contributed by atoms with Gasteiger partial charge in [0.2, 0.25) is 0 Å². The highest BCUT2D eigenvalue weighted by molar-refractivity contribution is 7.52. The van der Waals surface area contributed by atoms with Crippen LogP contribution in [0.25, 0.3) is 0 Å². The topological polar surface area (TPSA) is 0 Å². The highest BCUT2D eigenvalue weighted by Gasteiger charge is 2.33. The summed E-state index contributed by atoms with van der Waals surface area (Å²) < 4.78 is 0. The van der Waals surface area contributed by atoms with Crippen molar-refractivity contribution in [2.75, 3.05) is 0 Å². The molecule has 0 saturated carbocycles. The molecule has 1 aliphatic heterocycles. The molecule has 1 aromatic rings. The van der Waals surface area contributed by atoms with Gasteiger partial charge in [0.05, 0.1) is 0 Å². The van der Waals surface area contributed by atoms with E-state index < -0.39 is 0 Å². The van der Waals surface area contributed by atoms with Crippen LogP contribution >= 0.6 is 8.58 Å². The summed E-state index contributed by atoms with van der Waals surface area (Å²) in [7, 11) is 0.883. The molecule has 0 amide bonds. The van der Waals surface area contributed by atoms with E-state index in [4.69, 9.17) is 0 Å². The molecule has 68 valence electrons. The first-order valence-corrected chi connectivity index (χ1v) is 5.69. The van der Waals surface area contributed by atoms with Gasteiger partial charge in [-0.1, -0.05) is 52.8 Å². The molecule has 0 bridgehead atoms. The van der Waals surface area contributed by atoms with Gasteiger partial charge in [0, 0.05) is 5.41 Å². The number of hydrogen-bond acceptors (Lipinski definition) is 0. The molecule has 1 heteroatoms. The monoisotopic (exact) mass is 190 g/mol. The third-order valence-electron chi connectivity index (χ3n) is 2.83. The summed E-state index contributed by atoms with van der Waals surface area (Å²) in [6.45, 7) is 6.79. The molecule has 1 aliphatic rings. The Morgan fingerprint density at radius 2 is 1.92 bits per heavy atom. The van der Waals surface area contributed by atoms with Crippen LogP contribution in [0.4, 0.5) is 0 Å². The van der Waals surface area contributed by atoms with Gasteiger partial charge < -0.3 is 0 Å². The van der Waals surface area contributed by atoms with Crippen molar-refractivity contribution in [3.8, 4) is 0 Å². The second-order valence-corrected chi connectivity index (χ2v) is 5.33. The van der Waals surface area contributed by atoms with Crippen LogP contribution in [0.15, 0.2) is 35.7 Å². The zero-order valence-electron chi connectivity index (χ0n) is 8.39. The van der Waals surface area contributed by atoms with E-state index in [1.807, 2.05) is 0 Å². The molecule has 2 rings (SSSR count). The molecule has 0 aliphatic carbocycles. The number of fused-ring (bicyclic) bond motifs is 1. The average molecular weight is 190 g/mol. The zero-order valence-corrected chi connectivity index (χ0v) is 9.39. The first-order valence-electron chi connectivity index (χ1n) is 4.69. The normalized spacial score (nSPS) is 23.8. The van der Waals surface area contributed by atoms with Gasteiger partial charge in [0.1, 0.15) is 0 Å². The summed E-state index contributed by atoms with van der Waals surface area (Å²) in [4.78, 5) is 0. The zero-order chi connectivity index (χ0) is 9.47. The highest BCUT2D eigenvalue weighted by atomic mass is 31.1.